The monoisotopic (exact) mass is 337 g/mol. The third-order valence-electron chi connectivity index (χ3n) is 3.68. The predicted molar refractivity (Wildman–Crippen MR) is 79.3 cm³/mol. The Labute approximate surface area is 130 Å². The van der Waals surface area contributed by atoms with Gasteiger partial charge in [-0.3, -0.25) is 9.36 Å². The molecule has 0 aromatic carbocycles. The van der Waals surface area contributed by atoms with Crippen LogP contribution in [0.3, 0.4) is 0 Å². The Morgan fingerprint density at radius 3 is 2.50 bits per heavy atom. The first-order valence-corrected chi connectivity index (χ1v) is 8.91. The van der Waals surface area contributed by atoms with Crippen LogP contribution < -0.4 is 0 Å². The smallest absolute Gasteiger partial charge is 0.407 e. The summed E-state index contributed by atoms with van der Waals surface area (Å²) in [6.45, 7) is 1.85. The number of ether oxygens (including phenoxy) is 1. The molecule has 1 saturated heterocycles. The number of hydrogen-bond acceptors (Lipinski definition) is 6. The molecule has 0 aliphatic carbocycles. The lowest BCUT2D eigenvalue weighted by Gasteiger charge is -2.13. The van der Waals surface area contributed by atoms with Crippen molar-refractivity contribution in [3.05, 3.63) is 0 Å². The van der Waals surface area contributed by atoms with Crippen LogP contribution in [-0.4, -0.2) is 68.6 Å². The summed E-state index contributed by atoms with van der Waals surface area (Å²) < 4.78 is 26.5. The van der Waals surface area contributed by atoms with E-state index in [1.807, 2.05) is 0 Å². The zero-order valence-corrected chi connectivity index (χ0v) is 13.9. The number of carboxylic acid groups (broad SMARTS) is 1. The number of carbonyl (C=O) groups is 2. The topological polar surface area (TPSA) is 102 Å². The maximum atomic E-state index is 11.8. The van der Waals surface area contributed by atoms with Gasteiger partial charge in [-0.25, -0.2) is 4.79 Å². The van der Waals surface area contributed by atoms with Crippen molar-refractivity contribution in [1.82, 2.24) is 4.90 Å². The number of rotatable bonds is 10. The Hall–Kier alpha value is -0.950. The number of amides is 1. The summed E-state index contributed by atoms with van der Waals surface area (Å²) >= 11 is 0. The van der Waals surface area contributed by atoms with E-state index < -0.39 is 13.7 Å². The first-order chi connectivity index (χ1) is 10.4. The van der Waals surface area contributed by atoms with Gasteiger partial charge in [0.25, 0.3) is 0 Å². The van der Waals surface area contributed by atoms with Gasteiger partial charge >= 0.3 is 13.7 Å². The Bertz CT molecular complexity index is 421. The van der Waals surface area contributed by atoms with Crippen LogP contribution in [0, 0.1) is 5.92 Å². The number of Topliss-reactive ketones (excluding diaryl/α,β-unsaturated/α-hetero) is 1. The highest BCUT2D eigenvalue weighted by Gasteiger charge is 2.26. The molecule has 0 aromatic rings. The number of nitrogens with zero attached hydrogens (tertiary/aromatic N) is 1. The fraction of sp³-hybridized carbons (Fsp3) is 0.846. The number of hydrogen-bond donors (Lipinski definition) is 1. The fourth-order valence-electron chi connectivity index (χ4n) is 2.28. The molecule has 128 valence electrons. The summed E-state index contributed by atoms with van der Waals surface area (Å²) in [5, 5.41) is 8.85. The van der Waals surface area contributed by atoms with Gasteiger partial charge in [-0.15, -0.1) is 0 Å². The lowest BCUT2D eigenvalue weighted by Crippen LogP contribution is -2.26. The third-order valence-corrected chi connectivity index (χ3v) is 5.53. The second-order valence-electron chi connectivity index (χ2n) is 5.21. The summed E-state index contributed by atoms with van der Waals surface area (Å²) in [4.78, 5) is 23.8. The standard InChI is InChI=1S/C13H24NO7P/c1-19-22(18,20-2)10-12(15)5-8-21-7-4-11-3-6-14(9-11)13(16)17/h11H,3-10H2,1-2H3,(H,16,17). The van der Waals surface area contributed by atoms with Crippen molar-refractivity contribution in [2.75, 3.05) is 46.7 Å². The minimum Gasteiger partial charge on any atom is -0.465 e. The highest BCUT2D eigenvalue weighted by atomic mass is 31.2. The average molecular weight is 337 g/mol. The zero-order valence-electron chi connectivity index (χ0n) is 13.0. The molecule has 1 fully saturated rings. The quantitative estimate of drug-likeness (QED) is 0.479. The van der Waals surface area contributed by atoms with E-state index in [9.17, 15) is 14.2 Å². The summed E-state index contributed by atoms with van der Waals surface area (Å²) in [6.07, 6.45) is 0.642. The molecule has 8 nitrogen and oxygen atoms in total. The number of carbonyl (C=O) groups excluding carboxylic acids is 1. The highest BCUT2D eigenvalue weighted by molar-refractivity contribution is 7.54. The second-order valence-corrected chi connectivity index (χ2v) is 7.48. The van der Waals surface area contributed by atoms with Crippen LogP contribution >= 0.6 is 7.60 Å². The minimum absolute atomic E-state index is 0.155. The van der Waals surface area contributed by atoms with Gasteiger partial charge in [0, 0.05) is 40.3 Å². The van der Waals surface area contributed by atoms with Gasteiger partial charge in [-0.05, 0) is 18.8 Å². The van der Waals surface area contributed by atoms with Crippen LogP contribution in [0.4, 0.5) is 4.79 Å². The van der Waals surface area contributed by atoms with Gasteiger partial charge in [-0.1, -0.05) is 0 Å². The van der Waals surface area contributed by atoms with Gasteiger partial charge in [0.1, 0.15) is 11.9 Å². The fourth-order valence-corrected chi connectivity index (χ4v) is 3.28. The molecule has 0 saturated carbocycles. The summed E-state index contributed by atoms with van der Waals surface area (Å²) in [7, 11) is -0.800. The van der Waals surface area contributed by atoms with Crippen molar-refractivity contribution in [2.24, 2.45) is 5.92 Å². The first-order valence-electron chi connectivity index (χ1n) is 7.18. The van der Waals surface area contributed by atoms with Crippen LogP contribution in [-0.2, 0) is 23.1 Å². The van der Waals surface area contributed by atoms with Crippen molar-refractivity contribution in [1.29, 1.82) is 0 Å². The number of likely N-dealkylation sites (tertiary alicyclic amines) is 1. The molecule has 1 aliphatic rings. The molecule has 0 radical (unpaired) electrons. The van der Waals surface area contributed by atoms with E-state index in [0.29, 0.717) is 25.6 Å². The number of ketones is 1. The Morgan fingerprint density at radius 2 is 1.95 bits per heavy atom. The lowest BCUT2D eigenvalue weighted by molar-refractivity contribution is -0.118. The molecular weight excluding hydrogens is 313 g/mol. The van der Waals surface area contributed by atoms with Crippen molar-refractivity contribution >= 4 is 19.5 Å². The maximum absolute atomic E-state index is 11.8. The molecule has 1 aliphatic heterocycles. The van der Waals surface area contributed by atoms with Gasteiger partial charge in [0.05, 0.1) is 6.61 Å². The van der Waals surface area contributed by atoms with E-state index in [1.165, 1.54) is 19.1 Å². The molecular formula is C13H24NO7P. The van der Waals surface area contributed by atoms with Gasteiger partial charge in [-0.2, -0.15) is 0 Å². The zero-order chi connectivity index (χ0) is 16.6. The molecule has 1 rings (SSSR count). The van der Waals surface area contributed by atoms with Crippen LogP contribution in [0.5, 0.6) is 0 Å². The largest absolute Gasteiger partial charge is 0.465 e. The van der Waals surface area contributed by atoms with E-state index in [2.05, 4.69) is 0 Å². The van der Waals surface area contributed by atoms with Crippen molar-refractivity contribution < 1.29 is 33.0 Å². The van der Waals surface area contributed by atoms with Crippen LogP contribution in [0.1, 0.15) is 19.3 Å². The normalized spacial score (nSPS) is 18.6. The Balaban J connectivity index is 2.10. The molecule has 0 spiro atoms. The molecule has 22 heavy (non-hydrogen) atoms. The SMILES string of the molecule is COP(=O)(CC(=O)CCOCCC1CCN(C(=O)O)C1)OC. The van der Waals surface area contributed by atoms with E-state index in [-0.39, 0.29) is 25.0 Å². The summed E-state index contributed by atoms with van der Waals surface area (Å²) in [5.41, 5.74) is 0. The Kier molecular flexibility index (Phi) is 8.03. The van der Waals surface area contributed by atoms with Gasteiger partial charge in [0.15, 0.2) is 0 Å². The Morgan fingerprint density at radius 1 is 1.27 bits per heavy atom. The predicted octanol–water partition coefficient (Wildman–Crippen LogP) is 1.84. The van der Waals surface area contributed by atoms with Crippen LogP contribution in [0.2, 0.25) is 0 Å². The lowest BCUT2D eigenvalue weighted by atomic mass is 10.1. The summed E-state index contributed by atoms with van der Waals surface area (Å²) in [6, 6.07) is 0. The molecule has 1 unspecified atom stereocenters. The van der Waals surface area contributed by atoms with Crippen LogP contribution in [0.15, 0.2) is 0 Å². The van der Waals surface area contributed by atoms with E-state index in [0.717, 1.165) is 12.8 Å². The van der Waals surface area contributed by atoms with E-state index in [1.54, 1.807) is 0 Å². The molecule has 1 N–H and O–H groups in total. The minimum atomic E-state index is -3.29. The first kappa shape index (κ1) is 19.1. The van der Waals surface area contributed by atoms with Crippen molar-refractivity contribution in [2.45, 2.75) is 19.3 Å². The molecule has 1 heterocycles. The molecule has 1 amide bonds. The van der Waals surface area contributed by atoms with Gasteiger partial charge in [0.2, 0.25) is 0 Å². The van der Waals surface area contributed by atoms with Gasteiger partial charge < -0.3 is 23.8 Å². The van der Waals surface area contributed by atoms with Crippen molar-refractivity contribution in [3.63, 3.8) is 0 Å². The maximum Gasteiger partial charge on any atom is 0.407 e. The van der Waals surface area contributed by atoms with E-state index >= 15 is 0 Å². The highest BCUT2D eigenvalue weighted by Crippen LogP contribution is 2.46. The molecule has 9 heteroatoms. The molecule has 0 aromatic heterocycles. The van der Waals surface area contributed by atoms with E-state index in [4.69, 9.17) is 18.9 Å². The third kappa shape index (κ3) is 6.44. The van der Waals surface area contributed by atoms with Crippen LogP contribution in [0.25, 0.3) is 0 Å². The second kappa shape index (κ2) is 9.25. The molecule has 0 bridgehead atoms. The summed E-state index contributed by atoms with van der Waals surface area (Å²) in [5.74, 6) is 0.0824. The average Bonchev–Trinajstić information content (AvgIpc) is 2.96. The van der Waals surface area contributed by atoms with Crippen molar-refractivity contribution in [3.8, 4) is 0 Å². The molecule has 1 atom stereocenters.